The molecule has 3 aromatic carbocycles. The number of halogens is 2. The van der Waals surface area contributed by atoms with E-state index in [4.69, 9.17) is 4.74 Å². The molecule has 0 aromatic heterocycles. The van der Waals surface area contributed by atoms with Gasteiger partial charge in [-0.2, -0.15) is 4.31 Å². The highest BCUT2D eigenvalue weighted by Gasteiger charge is 2.27. The van der Waals surface area contributed by atoms with Crippen molar-refractivity contribution in [1.29, 1.82) is 0 Å². The molecule has 2 N–H and O–H groups in total. The van der Waals surface area contributed by atoms with Gasteiger partial charge in [-0.15, -0.1) is 0 Å². The molecule has 37 heavy (non-hydrogen) atoms. The Balaban J connectivity index is 1.99. The maximum Gasteiger partial charge on any atom is 0.323 e. The smallest absolute Gasteiger partial charge is 0.323 e. The zero-order valence-electron chi connectivity index (χ0n) is 19.9. The number of amides is 1. The summed E-state index contributed by atoms with van der Waals surface area (Å²) in [5.74, 6) is -1.71. The molecule has 9 nitrogen and oxygen atoms in total. The fraction of sp³-hybridized carbons (Fsp3) is 0.200. The SMILES string of the molecule is CCN(CC)S(=O)(=O)c1cc(Oc2c(Br)cc(N(CC(=O)O)C(=O)c3ccccc3)cc2Br)ccc1O. The quantitative estimate of drug-likeness (QED) is 0.297. The number of carboxylic acid groups (broad SMARTS) is 1. The van der Waals surface area contributed by atoms with E-state index >= 15 is 0 Å². The summed E-state index contributed by atoms with van der Waals surface area (Å²) in [6.45, 7) is 3.29. The standard InChI is InChI=1S/C25H24Br2N2O7S/c1-3-28(4-2)37(34,35)22-14-18(10-11-21(22)30)36-24-19(26)12-17(13-20(24)27)29(15-23(31)32)25(33)16-8-6-5-7-9-16/h5-14,30H,3-4,15H2,1-2H3,(H,31,32). The van der Waals surface area contributed by atoms with Crippen molar-refractivity contribution < 1.29 is 33.0 Å². The van der Waals surface area contributed by atoms with Crippen LogP contribution in [0.5, 0.6) is 17.2 Å². The van der Waals surface area contributed by atoms with Gasteiger partial charge in [0.05, 0.1) is 8.95 Å². The summed E-state index contributed by atoms with van der Waals surface area (Å²) in [7, 11) is -3.95. The first-order chi connectivity index (χ1) is 17.5. The van der Waals surface area contributed by atoms with E-state index < -0.39 is 34.2 Å². The number of carbonyl (C=O) groups excluding carboxylic acids is 1. The van der Waals surface area contributed by atoms with Crippen molar-refractivity contribution in [3.63, 3.8) is 0 Å². The van der Waals surface area contributed by atoms with E-state index in [2.05, 4.69) is 31.9 Å². The number of hydrogen-bond donors (Lipinski definition) is 2. The number of nitrogens with zero attached hydrogens (tertiary/aromatic N) is 2. The molecule has 0 aliphatic rings. The first-order valence-electron chi connectivity index (χ1n) is 11.1. The third-order valence-electron chi connectivity index (χ3n) is 5.33. The lowest BCUT2D eigenvalue weighted by Crippen LogP contribution is -2.35. The summed E-state index contributed by atoms with van der Waals surface area (Å²) >= 11 is 6.79. The summed E-state index contributed by atoms with van der Waals surface area (Å²) in [5.41, 5.74) is 0.611. The summed E-state index contributed by atoms with van der Waals surface area (Å²) < 4.78 is 33.8. The highest BCUT2D eigenvalue weighted by atomic mass is 79.9. The molecule has 0 aliphatic carbocycles. The maximum absolute atomic E-state index is 13.1. The second-order valence-electron chi connectivity index (χ2n) is 7.71. The summed E-state index contributed by atoms with van der Waals surface area (Å²) in [6.07, 6.45) is 0. The minimum absolute atomic E-state index is 0.139. The molecule has 196 valence electrons. The predicted octanol–water partition coefficient (Wildman–Crippen LogP) is 5.47. The Kier molecular flexibility index (Phi) is 9.35. The van der Waals surface area contributed by atoms with Gasteiger partial charge in [-0.25, -0.2) is 8.42 Å². The zero-order valence-corrected chi connectivity index (χ0v) is 23.9. The number of hydrogen-bond acceptors (Lipinski definition) is 6. The van der Waals surface area contributed by atoms with E-state index in [9.17, 15) is 28.2 Å². The Bertz CT molecular complexity index is 1390. The number of carbonyl (C=O) groups is 2. The van der Waals surface area contributed by atoms with Crippen molar-refractivity contribution in [2.75, 3.05) is 24.5 Å². The Labute approximate surface area is 231 Å². The van der Waals surface area contributed by atoms with Gasteiger partial charge in [0.15, 0.2) is 5.75 Å². The molecule has 12 heteroatoms. The van der Waals surface area contributed by atoms with Gasteiger partial charge in [-0.3, -0.25) is 14.5 Å². The Morgan fingerprint density at radius 2 is 1.54 bits per heavy atom. The van der Waals surface area contributed by atoms with Crippen LogP contribution in [0.4, 0.5) is 5.69 Å². The fourth-order valence-electron chi connectivity index (χ4n) is 3.54. The first-order valence-corrected chi connectivity index (χ1v) is 14.1. The van der Waals surface area contributed by atoms with Crippen LogP contribution in [0.2, 0.25) is 0 Å². The number of rotatable bonds is 10. The molecule has 3 aromatic rings. The molecule has 0 saturated heterocycles. The van der Waals surface area contributed by atoms with Crippen LogP contribution < -0.4 is 9.64 Å². The lowest BCUT2D eigenvalue weighted by molar-refractivity contribution is -0.135. The van der Waals surface area contributed by atoms with Crippen LogP contribution in [0.3, 0.4) is 0 Å². The monoisotopic (exact) mass is 654 g/mol. The van der Waals surface area contributed by atoms with Crippen LogP contribution in [0.15, 0.2) is 74.5 Å². The minimum atomic E-state index is -3.95. The second-order valence-corrected chi connectivity index (χ2v) is 11.3. The molecule has 0 heterocycles. The first kappa shape index (κ1) is 28.6. The number of benzene rings is 3. The molecule has 1 amide bonds. The largest absolute Gasteiger partial charge is 0.507 e. The maximum atomic E-state index is 13.1. The van der Waals surface area contributed by atoms with Crippen LogP contribution in [-0.2, 0) is 14.8 Å². The number of aliphatic carboxylic acids is 1. The van der Waals surface area contributed by atoms with Crippen molar-refractivity contribution >= 4 is 59.4 Å². The van der Waals surface area contributed by atoms with Crippen LogP contribution in [-0.4, -0.2) is 54.4 Å². The lowest BCUT2D eigenvalue weighted by atomic mass is 10.1. The number of phenolic OH excluding ortho intramolecular Hbond substituents is 1. The van der Waals surface area contributed by atoms with E-state index in [0.29, 0.717) is 14.5 Å². The summed E-state index contributed by atoms with van der Waals surface area (Å²) in [5, 5.41) is 19.6. The second kappa shape index (κ2) is 12.1. The van der Waals surface area contributed by atoms with Crippen LogP contribution >= 0.6 is 31.9 Å². The molecule has 0 fully saturated rings. The fourth-order valence-corrected chi connectivity index (χ4v) is 6.42. The number of aromatic hydroxyl groups is 1. The number of sulfonamides is 1. The molecular weight excluding hydrogens is 632 g/mol. The predicted molar refractivity (Wildman–Crippen MR) is 146 cm³/mol. The molecule has 0 unspecified atom stereocenters. The molecule has 0 bridgehead atoms. The number of carboxylic acids is 1. The van der Waals surface area contributed by atoms with Gasteiger partial charge in [-0.05, 0) is 68.3 Å². The van der Waals surface area contributed by atoms with Crippen LogP contribution in [0.25, 0.3) is 0 Å². The normalized spacial score (nSPS) is 11.4. The van der Waals surface area contributed by atoms with Crippen LogP contribution in [0.1, 0.15) is 24.2 Å². The molecule has 0 radical (unpaired) electrons. The number of phenols is 1. The van der Waals surface area contributed by atoms with Crippen LogP contribution in [0, 0.1) is 0 Å². The van der Waals surface area contributed by atoms with E-state index in [-0.39, 0.29) is 35.2 Å². The third kappa shape index (κ3) is 6.50. The van der Waals surface area contributed by atoms with E-state index in [1.54, 1.807) is 44.2 Å². The highest BCUT2D eigenvalue weighted by Crippen LogP contribution is 2.41. The van der Waals surface area contributed by atoms with Crippen molar-refractivity contribution in [1.82, 2.24) is 4.31 Å². The highest BCUT2D eigenvalue weighted by molar-refractivity contribution is 9.11. The number of ether oxygens (including phenoxy) is 1. The number of anilines is 1. The van der Waals surface area contributed by atoms with E-state index in [1.807, 2.05) is 0 Å². The van der Waals surface area contributed by atoms with Gasteiger partial charge in [0.25, 0.3) is 5.91 Å². The van der Waals surface area contributed by atoms with Crippen molar-refractivity contribution in [2.24, 2.45) is 0 Å². The lowest BCUT2D eigenvalue weighted by Gasteiger charge is -2.23. The van der Waals surface area contributed by atoms with Gasteiger partial charge >= 0.3 is 5.97 Å². The molecular formula is C25H24Br2N2O7S. The van der Waals surface area contributed by atoms with Gasteiger partial charge in [-0.1, -0.05) is 32.0 Å². The molecule has 0 saturated carbocycles. The van der Waals surface area contributed by atoms with Crippen molar-refractivity contribution in [2.45, 2.75) is 18.7 Å². The average molecular weight is 656 g/mol. The van der Waals surface area contributed by atoms with E-state index in [0.717, 1.165) is 4.90 Å². The van der Waals surface area contributed by atoms with E-state index in [1.165, 1.54) is 34.6 Å². The third-order valence-corrected chi connectivity index (χ3v) is 8.59. The summed E-state index contributed by atoms with van der Waals surface area (Å²) in [6, 6.07) is 15.2. The van der Waals surface area contributed by atoms with Crippen molar-refractivity contribution in [3.05, 3.63) is 75.2 Å². The average Bonchev–Trinajstić information content (AvgIpc) is 2.86. The zero-order chi connectivity index (χ0) is 27.3. The minimum Gasteiger partial charge on any atom is -0.507 e. The van der Waals surface area contributed by atoms with Gasteiger partial charge in [0, 0.05) is 30.4 Å². The summed E-state index contributed by atoms with van der Waals surface area (Å²) in [4.78, 5) is 25.4. The molecule has 0 aliphatic heterocycles. The topological polar surface area (TPSA) is 124 Å². The van der Waals surface area contributed by atoms with Crippen molar-refractivity contribution in [3.8, 4) is 17.2 Å². The van der Waals surface area contributed by atoms with Gasteiger partial charge < -0.3 is 14.9 Å². The molecule has 0 atom stereocenters. The Morgan fingerprint density at radius 1 is 0.946 bits per heavy atom. The van der Waals surface area contributed by atoms with Gasteiger partial charge in [0.2, 0.25) is 10.0 Å². The Hall–Kier alpha value is -2.93. The Morgan fingerprint density at radius 3 is 2.08 bits per heavy atom. The van der Waals surface area contributed by atoms with Gasteiger partial charge in [0.1, 0.15) is 22.9 Å². The molecule has 0 spiro atoms. The molecule has 3 rings (SSSR count).